The van der Waals surface area contributed by atoms with Gasteiger partial charge in [0.1, 0.15) is 0 Å². The van der Waals surface area contributed by atoms with Crippen LogP contribution in [0.2, 0.25) is 0 Å². The number of nitrogens with zero attached hydrogens (tertiary/aromatic N) is 2. The molecule has 1 aromatic rings. The van der Waals surface area contributed by atoms with Gasteiger partial charge in [0.05, 0.1) is 17.5 Å². The van der Waals surface area contributed by atoms with Crippen molar-refractivity contribution < 1.29 is 4.79 Å². The SMILES string of the molecule is C[C@@H](NC(=O)c1cnn2c1CCCC2)C1=CCCCC1. The quantitative estimate of drug-likeness (QED) is 0.861. The molecule has 108 valence electrons. The summed E-state index contributed by atoms with van der Waals surface area (Å²) < 4.78 is 1.99. The van der Waals surface area contributed by atoms with Crippen LogP contribution in [0.15, 0.2) is 17.8 Å². The number of aromatic nitrogens is 2. The van der Waals surface area contributed by atoms with Crippen LogP contribution in [-0.4, -0.2) is 21.7 Å². The van der Waals surface area contributed by atoms with Gasteiger partial charge in [0.2, 0.25) is 0 Å². The summed E-state index contributed by atoms with van der Waals surface area (Å²) in [6, 6.07) is 0.141. The number of hydrogen-bond donors (Lipinski definition) is 1. The first-order chi connectivity index (χ1) is 9.75. The molecule has 0 bridgehead atoms. The van der Waals surface area contributed by atoms with E-state index >= 15 is 0 Å². The van der Waals surface area contributed by atoms with Crippen molar-refractivity contribution in [3.63, 3.8) is 0 Å². The molecule has 0 radical (unpaired) electrons. The third kappa shape index (κ3) is 2.65. The van der Waals surface area contributed by atoms with Crippen LogP contribution in [0.3, 0.4) is 0 Å². The van der Waals surface area contributed by atoms with Gasteiger partial charge in [0.15, 0.2) is 0 Å². The third-order valence-corrected chi connectivity index (χ3v) is 4.46. The third-order valence-electron chi connectivity index (χ3n) is 4.46. The molecule has 1 N–H and O–H groups in total. The Morgan fingerprint density at radius 3 is 2.95 bits per heavy atom. The zero-order valence-electron chi connectivity index (χ0n) is 12.2. The highest BCUT2D eigenvalue weighted by Crippen LogP contribution is 2.21. The first-order valence-corrected chi connectivity index (χ1v) is 7.80. The predicted octanol–water partition coefficient (Wildman–Crippen LogP) is 2.84. The van der Waals surface area contributed by atoms with Gasteiger partial charge in [-0.3, -0.25) is 9.48 Å². The Kier molecular flexibility index (Phi) is 3.90. The van der Waals surface area contributed by atoms with Gasteiger partial charge in [-0.05, 0) is 51.9 Å². The standard InChI is InChI=1S/C16H23N3O/c1-12(13-7-3-2-4-8-13)18-16(20)14-11-17-19-10-6-5-9-15(14)19/h7,11-12H,2-6,8-10H2,1H3,(H,18,20)/t12-/m1/s1. The summed E-state index contributed by atoms with van der Waals surface area (Å²) in [5, 5.41) is 7.48. The summed E-state index contributed by atoms with van der Waals surface area (Å²) in [6.07, 6.45) is 12.1. The maximum atomic E-state index is 12.4. The second-order valence-electron chi connectivity index (χ2n) is 5.91. The summed E-state index contributed by atoms with van der Waals surface area (Å²) in [4.78, 5) is 12.4. The predicted molar refractivity (Wildman–Crippen MR) is 78.6 cm³/mol. The number of carbonyl (C=O) groups is 1. The average Bonchev–Trinajstić information content (AvgIpc) is 2.92. The first kappa shape index (κ1) is 13.4. The van der Waals surface area contributed by atoms with Gasteiger partial charge in [-0.25, -0.2) is 0 Å². The summed E-state index contributed by atoms with van der Waals surface area (Å²) in [5.41, 5.74) is 3.26. The minimum atomic E-state index is 0.0344. The number of nitrogens with one attached hydrogen (secondary N) is 1. The summed E-state index contributed by atoms with van der Waals surface area (Å²) in [6.45, 7) is 3.04. The van der Waals surface area contributed by atoms with Crippen molar-refractivity contribution in [1.82, 2.24) is 15.1 Å². The lowest BCUT2D eigenvalue weighted by molar-refractivity contribution is 0.0943. The summed E-state index contributed by atoms with van der Waals surface area (Å²) >= 11 is 0. The van der Waals surface area contributed by atoms with Crippen molar-refractivity contribution in [3.05, 3.63) is 29.1 Å². The molecule has 4 nitrogen and oxygen atoms in total. The fourth-order valence-corrected chi connectivity index (χ4v) is 3.23. The minimum absolute atomic E-state index is 0.0344. The van der Waals surface area contributed by atoms with Gasteiger partial charge in [0, 0.05) is 12.6 Å². The lowest BCUT2D eigenvalue weighted by Crippen LogP contribution is -2.35. The molecule has 0 saturated carbocycles. The van der Waals surface area contributed by atoms with E-state index in [0.717, 1.165) is 43.5 Å². The van der Waals surface area contributed by atoms with Crippen LogP contribution in [-0.2, 0) is 13.0 Å². The van der Waals surface area contributed by atoms with E-state index in [1.165, 1.54) is 24.8 Å². The number of amides is 1. The zero-order chi connectivity index (χ0) is 13.9. The Morgan fingerprint density at radius 2 is 2.15 bits per heavy atom. The number of allylic oxidation sites excluding steroid dienone is 1. The first-order valence-electron chi connectivity index (χ1n) is 7.80. The van der Waals surface area contributed by atoms with Crippen LogP contribution in [0.5, 0.6) is 0 Å². The fourth-order valence-electron chi connectivity index (χ4n) is 3.23. The molecular weight excluding hydrogens is 250 g/mol. The Bertz CT molecular complexity index is 530. The summed E-state index contributed by atoms with van der Waals surface area (Å²) in [5.74, 6) is 0.0344. The van der Waals surface area contributed by atoms with E-state index in [-0.39, 0.29) is 11.9 Å². The largest absolute Gasteiger partial charge is 0.346 e. The van der Waals surface area contributed by atoms with Gasteiger partial charge in [-0.1, -0.05) is 11.6 Å². The number of rotatable bonds is 3. The lowest BCUT2D eigenvalue weighted by atomic mass is 9.94. The molecule has 1 aromatic heterocycles. The smallest absolute Gasteiger partial charge is 0.255 e. The van der Waals surface area contributed by atoms with E-state index in [4.69, 9.17) is 0 Å². The van der Waals surface area contributed by atoms with Crippen LogP contribution in [0, 0.1) is 0 Å². The molecule has 0 fully saturated rings. The lowest BCUT2D eigenvalue weighted by Gasteiger charge is -2.21. The average molecular weight is 273 g/mol. The highest BCUT2D eigenvalue weighted by Gasteiger charge is 2.21. The monoisotopic (exact) mass is 273 g/mol. The molecule has 20 heavy (non-hydrogen) atoms. The van der Waals surface area contributed by atoms with Crippen LogP contribution in [0.1, 0.15) is 61.5 Å². The second kappa shape index (κ2) is 5.81. The van der Waals surface area contributed by atoms with Crippen LogP contribution in [0.25, 0.3) is 0 Å². The van der Waals surface area contributed by atoms with Gasteiger partial charge in [0.25, 0.3) is 5.91 Å². The molecule has 1 aliphatic carbocycles. The molecule has 0 spiro atoms. The highest BCUT2D eigenvalue weighted by molar-refractivity contribution is 5.95. The Balaban J connectivity index is 1.70. The van der Waals surface area contributed by atoms with Crippen molar-refractivity contribution >= 4 is 5.91 Å². The van der Waals surface area contributed by atoms with Crippen LogP contribution < -0.4 is 5.32 Å². The topological polar surface area (TPSA) is 46.9 Å². The Labute approximate surface area is 120 Å². The molecule has 1 aliphatic heterocycles. The van der Waals surface area contributed by atoms with Crippen molar-refractivity contribution in [3.8, 4) is 0 Å². The molecule has 3 rings (SSSR count). The van der Waals surface area contributed by atoms with E-state index in [2.05, 4.69) is 23.4 Å². The van der Waals surface area contributed by atoms with Gasteiger partial charge in [-0.2, -0.15) is 5.10 Å². The summed E-state index contributed by atoms with van der Waals surface area (Å²) in [7, 11) is 0. The van der Waals surface area contributed by atoms with Crippen molar-refractivity contribution in [2.75, 3.05) is 0 Å². The van der Waals surface area contributed by atoms with Gasteiger partial charge >= 0.3 is 0 Å². The molecule has 0 saturated heterocycles. The van der Waals surface area contributed by atoms with E-state index in [9.17, 15) is 4.79 Å². The molecule has 4 heteroatoms. The van der Waals surface area contributed by atoms with Crippen LogP contribution in [0.4, 0.5) is 0 Å². The molecule has 0 unspecified atom stereocenters. The highest BCUT2D eigenvalue weighted by atomic mass is 16.1. The zero-order valence-corrected chi connectivity index (χ0v) is 12.2. The number of carbonyl (C=O) groups excluding carboxylic acids is 1. The normalized spacial score (nSPS) is 19.9. The van der Waals surface area contributed by atoms with Crippen molar-refractivity contribution in [2.45, 2.75) is 64.5 Å². The Morgan fingerprint density at radius 1 is 1.30 bits per heavy atom. The van der Waals surface area contributed by atoms with Crippen molar-refractivity contribution in [2.24, 2.45) is 0 Å². The van der Waals surface area contributed by atoms with Crippen molar-refractivity contribution in [1.29, 1.82) is 0 Å². The van der Waals surface area contributed by atoms with Gasteiger partial charge in [-0.15, -0.1) is 0 Å². The van der Waals surface area contributed by atoms with Gasteiger partial charge < -0.3 is 5.32 Å². The van der Waals surface area contributed by atoms with Crippen LogP contribution >= 0.6 is 0 Å². The molecule has 1 atom stereocenters. The number of aryl methyl sites for hydroxylation is 1. The maximum absolute atomic E-state index is 12.4. The maximum Gasteiger partial charge on any atom is 0.255 e. The molecule has 1 amide bonds. The minimum Gasteiger partial charge on any atom is -0.346 e. The molecule has 2 heterocycles. The van der Waals surface area contributed by atoms with E-state index in [0.29, 0.717) is 0 Å². The van der Waals surface area contributed by atoms with E-state index < -0.39 is 0 Å². The molecule has 0 aromatic carbocycles. The van der Waals surface area contributed by atoms with E-state index in [1.807, 2.05) is 4.68 Å². The van der Waals surface area contributed by atoms with E-state index in [1.54, 1.807) is 6.20 Å². The fraction of sp³-hybridized carbons (Fsp3) is 0.625. The number of fused-ring (bicyclic) bond motifs is 1. The Hall–Kier alpha value is -1.58. The number of hydrogen-bond acceptors (Lipinski definition) is 2. The molecular formula is C16H23N3O. The second-order valence-corrected chi connectivity index (χ2v) is 5.91. The molecule has 2 aliphatic rings.